The minimum atomic E-state index is -3.30. The lowest BCUT2D eigenvalue weighted by atomic mass is 9.98. The smallest absolute Gasteiger partial charge is 0.229 e. The Kier molecular flexibility index (Phi) is 4.16. The van der Waals surface area contributed by atoms with Crippen molar-refractivity contribution in [3.8, 4) is 6.07 Å². The first-order valence-electron chi connectivity index (χ1n) is 7.58. The molecule has 0 saturated carbocycles. The topological polar surface area (TPSA) is 86.1 Å². The van der Waals surface area contributed by atoms with Crippen LogP contribution in [-0.4, -0.2) is 26.2 Å². The van der Waals surface area contributed by atoms with E-state index in [4.69, 9.17) is 5.26 Å². The average molecular weight is 342 g/mol. The van der Waals surface area contributed by atoms with Crippen molar-refractivity contribution in [2.45, 2.75) is 19.9 Å². The van der Waals surface area contributed by atoms with E-state index in [9.17, 15) is 8.42 Å². The fraction of sp³-hybridized carbons (Fsp3) is 0.294. The van der Waals surface area contributed by atoms with Gasteiger partial charge in [-0.05, 0) is 42.2 Å². The van der Waals surface area contributed by atoms with E-state index in [0.717, 1.165) is 35.3 Å². The zero-order valence-electron chi connectivity index (χ0n) is 13.6. The number of benzene rings is 1. The molecule has 7 heteroatoms. The highest BCUT2D eigenvalue weighted by molar-refractivity contribution is 7.92. The second kappa shape index (κ2) is 6.13. The summed E-state index contributed by atoms with van der Waals surface area (Å²) in [6, 6.07) is 11.6. The molecule has 24 heavy (non-hydrogen) atoms. The number of nitriles is 1. The molecule has 1 aromatic heterocycles. The minimum Gasteiger partial charge on any atom is -0.352 e. The number of nitrogens with zero attached hydrogens (tertiary/aromatic N) is 3. The van der Waals surface area contributed by atoms with Gasteiger partial charge in [-0.2, -0.15) is 5.26 Å². The van der Waals surface area contributed by atoms with Crippen molar-refractivity contribution >= 4 is 21.5 Å². The number of fused-ring (bicyclic) bond motifs is 1. The summed E-state index contributed by atoms with van der Waals surface area (Å²) in [7, 11) is -3.30. The molecular formula is C17H18N4O2S. The molecule has 1 aromatic carbocycles. The predicted molar refractivity (Wildman–Crippen MR) is 93.4 cm³/mol. The molecule has 6 nitrogen and oxygen atoms in total. The molecule has 1 aliphatic rings. The van der Waals surface area contributed by atoms with Gasteiger partial charge in [0.1, 0.15) is 17.6 Å². The molecule has 0 amide bonds. The zero-order valence-corrected chi connectivity index (χ0v) is 14.4. The molecule has 0 atom stereocenters. The van der Waals surface area contributed by atoms with Crippen molar-refractivity contribution in [3.63, 3.8) is 0 Å². The third kappa shape index (κ3) is 3.34. The van der Waals surface area contributed by atoms with E-state index in [1.165, 1.54) is 0 Å². The van der Waals surface area contributed by atoms with Gasteiger partial charge in [-0.1, -0.05) is 18.2 Å². The maximum Gasteiger partial charge on any atom is 0.229 e. The number of hydrogen-bond acceptors (Lipinski definition) is 5. The predicted octanol–water partition coefficient (Wildman–Crippen LogP) is 2.20. The van der Waals surface area contributed by atoms with Crippen LogP contribution < -0.4 is 9.62 Å². The van der Waals surface area contributed by atoms with Gasteiger partial charge in [-0.15, -0.1) is 0 Å². The van der Waals surface area contributed by atoms with Gasteiger partial charge < -0.3 is 4.90 Å². The van der Waals surface area contributed by atoms with Crippen molar-refractivity contribution in [1.82, 2.24) is 4.98 Å². The van der Waals surface area contributed by atoms with Gasteiger partial charge in [0.25, 0.3) is 0 Å². The van der Waals surface area contributed by atoms with Crippen LogP contribution in [0.1, 0.15) is 22.4 Å². The van der Waals surface area contributed by atoms with Crippen LogP contribution in [0.2, 0.25) is 0 Å². The molecule has 0 fully saturated rings. The standard InChI is InChI=1S/C17H18N4O2S/c1-12-6-7-17(19-16(12)10-18)21-9-8-14-13(11-21)4-3-5-15(14)20-24(2,22)23/h3-7,20H,8-9,11H2,1-2H3. The van der Waals surface area contributed by atoms with Crippen LogP contribution in [0.4, 0.5) is 11.5 Å². The maximum absolute atomic E-state index is 11.5. The Hall–Kier alpha value is -2.59. The normalized spacial score (nSPS) is 14.0. The van der Waals surface area contributed by atoms with Crippen LogP contribution in [0.5, 0.6) is 0 Å². The quantitative estimate of drug-likeness (QED) is 0.924. The molecule has 0 aliphatic carbocycles. The van der Waals surface area contributed by atoms with E-state index in [0.29, 0.717) is 24.3 Å². The molecule has 2 heterocycles. The summed E-state index contributed by atoms with van der Waals surface area (Å²) >= 11 is 0. The number of pyridine rings is 1. The summed E-state index contributed by atoms with van der Waals surface area (Å²) in [5.41, 5.74) is 4.02. The lowest BCUT2D eigenvalue weighted by Gasteiger charge is -2.31. The van der Waals surface area contributed by atoms with Crippen molar-refractivity contribution in [3.05, 3.63) is 52.7 Å². The number of anilines is 2. The van der Waals surface area contributed by atoms with E-state index < -0.39 is 10.0 Å². The minimum absolute atomic E-state index is 0.436. The number of nitrogens with one attached hydrogen (secondary N) is 1. The Bertz CT molecular complexity index is 932. The van der Waals surface area contributed by atoms with Gasteiger partial charge >= 0.3 is 0 Å². The molecule has 1 aliphatic heterocycles. The van der Waals surface area contributed by atoms with Crippen molar-refractivity contribution in [1.29, 1.82) is 5.26 Å². The lowest BCUT2D eigenvalue weighted by Crippen LogP contribution is -2.32. The Morgan fingerprint density at radius 1 is 1.29 bits per heavy atom. The summed E-state index contributed by atoms with van der Waals surface area (Å²) in [6.45, 7) is 3.22. The van der Waals surface area contributed by atoms with Crippen molar-refractivity contribution in [2.24, 2.45) is 0 Å². The molecule has 0 spiro atoms. The third-order valence-electron chi connectivity index (χ3n) is 4.07. The summed E-state index contributed by atoms with van der Waals surface area (Å²) in [6.07, 6.45) is 1.87. The highest BCUT2D eigenvalue weighted by Crippen LogP contribution is 2.29. The monoisotopic (exact) mass is 342 g/mol. The second-order valence-corrected chi connectivity index (χ2v) is 7.68. The highest BCUT2D eigenvalue weighted by Gasteiger charge is 2.21. The number of aryl methyl sites for hydroxylation is 1. The third-order valence-corrected chi connectivity index (χ3v) is 4.66. The van der Waals surface area contributed by atoms with E-state index in [2.05, 4.69) is 20.7 Å². The lowest BCUT2D eigenvalue weighted by molar-refractivity contribution is 0.606. The van der Waals surface area contributed by atoms with Gasteiger partial charge in [0, 0.05) is 13.1 Å². The van der Waals surface area contributed by atoms with E-state index in [-0.39, 0.29) is 0 Å². The van der Waals surface area contributed by atoms with Gasteiger partial charge in [0.2, 0.25) is 10.0 Å². The first-order chi connectivity index (χ1) is 11.4. The fourth-order valence-corrected chi connectivity index (χ4v) is 3.50. The van der Waals surface area contributed by atoms with Crippen molar-refractivity contribution in [2.75, 3.05) is 22.4 Å². The van der Waals surface area contributed by atoms with Crippen LogP contribution >= 0.6 is 0 Å². The van der Waals surface area contributed by atoms with E-state index >= 15 is 0 Å². The van der Waals surface area contributed by atoms with Gasteiger partial charge in [0.05, 0.1) is 11.9 Å². The largest absolute Gasteiger partial charge is 0.352 e. The van der Waals surface area contributed by atoms with Crippen LogP contribution in [0.3, 0.4) is 0 Å². The van der Waals surface area contributed by atoms with Crippen molar-refractivity contribution < 1.29 is 8.42 Å². The number of hydrogen-bond donors (Lipinski definition) is 1. The first-order valence-corrected chi connectivity index (χ1v) is 9.48. The molecule has 0 radical (unpaired) electrons. The van der Waals surface area contributed by atoms with Gasteiger partial charge in [-0.3, -0.25) is 4.72 Å². The van der Waals surface area contributed by atoms with Crippen LogP contribution in [0.25, 0.3) is 0 Å². The molecular weight excluding hydrogens is 324 g/mol. The molecule has 0 unspecified atom stereocenters. The summed E-state index contributed by atoms with van der Waals surface area (Å²) in [5, 5.41) is 9.15. The number of rotatable bonds is 3. The zero-order chi connectivity index (χ0) is 17.3. The Morgan fingerprint density at radius 3 is 2.79 bits per heavy atom. The van der Waals surface area contributed by atoms with Crippen LogP contribution in [0.15, 0.2) is 30.3 Å². The van der Waals surface area contributed by atoms with Gasteiger partial charge in [0.15, 0.2) is 0 Å². The van der Waals surface area contributed by atoms with Gasteiger partial charge in [-0.25, -0.2) is 13.4 Å². The molecule has 0 bridgehead atoms. The number of sulfonamides is 1. The Morgan fingerprint density at radius 2 is 2.08 bits per heavy atom. The SMILES string of the molecule is Cc1ccc(N2CCc3c(cccc3NS(C)(=O)=O)C2)nc1C#N. The Labute approximate surface area is 141 Å². The average Bonchev–Trinajstić information content (AvgIpc) is 2.54. The van der Waals surface area contributed by atoms with Crippen LogP contribution in [0, 0.1) is 18.3 Å². The number of aromatic nitrogens is 1. The maximum atomic E-state index is 11.5. The van der Waals surface area contributed by atoms with Crippen LogP contribution in [-0.2, 0) is 23.0 Å². The molecule has 0 saturated heterocycles. The molecule has 3 rings (SSSR count). The summed E-state index contributed by atoms with van der Waals surface area (Å²) in [5.74, 6) is 0.768. The molecule has 124 valence electrons. The highest BCUT2D eigenvalue weighted by atomic mass is 32.2. The Balaban J connectivity index is 1.90. The second-order valence-electron chi connectivity index (χ2n) is 5.94. The summed E-state index contributed by atoms with van der Waals surface area (Å²) in [4.78, 5) is 6.53. The first kappa shape index (κ1) is 16.3. The van der Waals surface area contributed by atoms with E-state index in [1.54, 1.807) is 6.07 Å². The summed E-state index contributed by atoms with van der Waals surface area (Å²) < 4.78 is 25.6. The van der Waals surface area contributed by atoms with E-state index in [1.807, 2.05) is 31.2 Å². The molecule has 2 aromatic rings. The fourth-order valence-electron chi connectivity index (χ4n) is 2.91. The molecule has 1 N–H and O–H groups in total.